The summed E-state index contributed by atoms with van der Waals surface area (Å²) in [6.45, 7) is 7.70. The standard InChI is InChI=1S/C11H22N2O2/c1-7-4-10(12)6-13(5-7)9(3)8(2)11(14)15/h7-10H,4-6,12H2,1-3H3,(H,14,15). The fraction of sp³-hybridized carbons (Fsp3) is 0.909. The van der Waals surface area contributed by atoms with Gasteiger partial charge in [0.25, 0.3) is 0 Å². The van der Waals surface area contributed by atoms with Crippen LogP contribution >= 0.6 is 0 Å². The summed E-state index contributed by atoms with van der Waals surface area (Å²) in [5.74, 6) is -0.492. The number of carboxylic acids is 1. The van der Waals surface area contributed by atoms with E-state index in [0.29, 0.717) is 5.92 Å². The van der Waals surface area contributed by atoms with Crippen LogP contribution in [-0.2, 0) is 4.79 Å². The van der Waals surface area contributed by atoms with Crippen molar-refractivity contribution in [2.75, 3.05) is 13.1 Å². The molecular weight excluding hydrogens is 192 g/mol. The summed E-state index contributed by atoms with van der Waals surface area (Å²) in [5, 5.41) is 8.96. The minimum Gasteiger partial charge on any atom is -0.481 e. The van der Waals surface area contributed by atoms with E-state index in [1.54, 1.807) is 6.92 Å². The third-order valence-corrected chi connectivity index (χ3v) is 3.41. The molecule has 0 amide bonds. The molecule has 4 unspecified atom stereocenters. The van der Waals surface area contributed by atoms with Gasteiger partial charge in [-0.05, 0) is 19.3 Å². The number of likely N-dealkylation sites (tertiary alicyclic amines) is 1. The van der Waals surface area contributed by atoms with E-state index in [1.807, 2.05) is 6.92 Å². The summed E-state index contributed by atoms with van der Waals surface area (Å²) in [6, 6.07) is 0.258. The van der Waals surface area contributed by atoms with Gasteiger partial charge in [-0.25, -0.2) is 0 Å². The fourth-order valence-corrected chi connectivity index (χ4v) is 2.30. The van der Waals surface area contributed by atoms with E-state index in [1.165, 1.54) is 0 Å². The minimum atomic E-state index is -0.728. The van der Waals surface area contributed by atoms with Gasteiger partial charge in [0.15, 0.2) is 0 Å². The number of hydrogen-bond donors (Lipinski definition) is 2. The summed E-state index contributed by atoms with van der Waals surface area (Å²) in [7, 11) is 0. The Morgan fingerprint density at radius 2 is 2.07 bits per heavy atom. The zero-order valence-electron chi connectivity index (χ0n) is 9.81. The molecule has 0 radical (unpaired) electrons. The molecule has 0 aromatic rings. The van der Waals surface area contributed by atoms with Crippen LogP contribution in [0.5, 0.6) is 0 Å². The van der Waals surface area contributed by atoms with Crippen molar-refractivity contribution in [1.29, 1.82) is 0 Å². The molecule has 1 fully saturated rings. The van der Waals surface area contributed by atoms with E-state index in [2.05, 4.69) is 11.8 Å². The second kappa shape index (κ2) is 4.94. The Bertz CT molecular complexity index is 223. The number of rotatable bonds is 3. The van der Waals surface area contributed by atoms with E-state index in [9.17, 15) is 4.79 Å². The second-order valence-corrected chi connectivity index (χ2v) is 4.92. The normalized spacial score (nSPS) is 32.3. The van der Waals surface area contributed by atoms with Gasteiger partial charge in [-0.3, -0.25) is 9.69 Å². The van der Waals surface area contributed by atoms with Crippen molar-refractivity contribution >= 4 is 5.97 Å². The predicted octanol–water partition coefficient (Wildman–Crippen LogP) is 0.765. The highest BCUT2D eigenvalue weighted by Gasteiger charge is 2.30. The molecule has 88 valence electrons. The molecule has 1 saturated heterocycles. The third-order valence-electron chi connectivity index (χ3n) is 3.41. The molecule has 1 rings (SSSR count). The van der Waals surface area contributed by atoms with E-state index in [-0.39, 0.29) is 18.0 Å². The van der Waals surface area contributed by atoms with E-state index in [0.717, 1.165) is 19.5 Å². The average Bonchev–Trinajstić information content (AvgIpc) is 2.13. The van der Waals surface area contributed by atoms with Crippen LogP contribution in [0.1, 0.15) is 27.2 Å². The van der Waals surface area contributed by atoms with Gasteiger partial charge in [-0.15, -0.1) is 0 Å². The Morgan fingerprint density at radius 3 is 2.53 bits per heavy atom. The van der Waals surface area contributed by atoms with Gasteiger partial charge in [0, 0.05) is 25.2 Å². The van der Waals surface area contributed by atoms with E-state index < -0.39 is 5.97 Å². The molecule has 0 aliphatic carbocycles. The molecule has 1 heterocycles. The number of hydrogen-bond acceptors (Lipinski definition) is 3. The molecular formula is C11H22N2O2. The average molecular weight is 214 g/mol. The first kappa shape index (κ1) is 12.5. The first-order valence-electron chi connectivity index (χ1n) is 5.64. The molecule has 0 spiro atoms. The van der Waals surface area contributed by atoms with Crippen LogP contribution in [0.4, 0.5) is 0 Å². The van der Waals surface area contributed by atoms with Crippen molar-refractivity contribution in [3.63, 3.8) is 0 Å². The molecule has 4 heteroatoms. The number of carbonyl (C=O) groups is 1. The number of nitrogens with zero attached hydrogens (tertiary/aromatic N) is 1. The molecule has 0 aromatic heterocycles. The van der Waals surface area contributed by atoms with Crippen molar-refractivity contribution < 1.29 is 9.90 Å². The van der Waals surface area contributed by atoms with Crippen molar-refractivity contribution in [1.82, 2.24) is 4.90 Å². The lowest BCUT2D eigenvalue weighted by Gasteiger charge is -2.39. The lowest BCUT2D eigenvalue weighted by molar-refractivity contribution is -0.143. The van der Waals surface area contributed by atoms with Gasteiger partial charge >= 0.3 is 5.97 Å². The van der Waals surface area contributed by atoms with Gasteiger partial charge in [0.2, 0.25) is 0 Å². The van der Waals surface area contributed by atoms with Gasteiger partial charge in [-0.2, -0.15) is 0 Å². The zero-order valence-corrected chi connectivity index (χ0v) is 9.81. The molecule has 1 aliphatic heterocycles. The Balaban J connectivity index is 2.58. The highest BCUT2D eigenvalue weighted by atomic mass is 16.4. The summed E-state index contributed by atoms with van der Waals surface area (Å²) in [5.41, 5.74) is 5.94. The van der Waals surface area contributed by atoms with Crippen LogP contribution in [-0.4, -0.2) is 41.1 Å². The van der Waals surface area contributed by atoms with E-state index in [4.69, 9.17) is 10.8 Å². The molecule has 1 aliphatic rings. The van der Waals surface area contributed by atoms with E-state index >= 15 is 0 Å². The van der Waals surface area contributed by atoms with Crippen molar-refractivity contribution in [2.45, 2.75) is 39.3 Å². The zero-order chi connectivity index (χ0) is 11.6. The Morgan fingerprint density at radius 1 is 1.47 bits per heavy atom. The highest BCUT2D eigenvalue weighted by molar-refractivity contribution is 5.70. The van der Waals surface area contributed by atoms with Crippen molar-refractivity contribution in [2.24, 2.45) is 17.6 Å². The van der Waals surface area contributed by atoms with Crippen LogP contribution < -0.4 is 5.73 Å². The molecule has 0 aromatic carbocycles. The number of piperidine rings is 1. The largest absolute Gasteiger partial charge is 0.481 e. The maximum atomic E-state index is 10.9. The number of nitrogens with two attached hydrogens (primary N) is 1. The molecule has 4 atom stereocenters. The SMILES string of the molecule is CC1CC(N)CN(C(C)C(C)C(=O)O)C1. The van der Waals surface area contributed by atoms with Gasteiger partial charge in [0.05, 0.1) is 5.92 Å². The minimum absolute atomic E-state index is 0.0660. The lowest BCUT2D eigenvalue weighted by atomic mass is 9.92. The maximum Gasteiger partial charge on any atom is 0.307 e. The fourth-order valence-electron chi connectivity index (χ4n) is 2.30. The molecule has 0 saturated carbocycles. The molecule has 4 nitrogen and oxygen atoms in total. The van der Waals surface area contributed by atoms with Gasteiger partial charge < -0.3 is 10.8 Å². The monoisotopic (exact) mass is 214 g/mol. The van der Waals surface area contributed by atoms with Crippen molar-refractivity contribution in [3.8, 4) is 0 Å². The smallest absolute Gasteiger partial charge is 0.307 e. The van der Waals surface area contributed by atoms with Gasteiger partial charge in [0.1, 0.15) is 0 Å². The van der Waals surface area contributed by atoms with Crippen LogP contribution in [0.2, 0.25) is 0 Å². The van der Waals surface area contributed by atoms with Gasteiger partial charge in [-0.1, -0.05) is 13.8 Å². The molecule has 0 bridgehead atoms. The first-order chi connectivity index (χ1) is 6.91. The third kappa shape index (κ3) is 3.18. The summed E-state index contributed by atoms with van der Waals surface area (Å²) < 4.78 is 0. The molecule has 3 N–H and O–H groups in total. The Kier molecular flexibility index (Phi) is 4.11. The maximum absolute atomic E-state index is 10.9. The number of aliphatic carboxylic acids is 1. The summed E-state index contributed by atoms with van der Waals surface area (Å²) >= 11 is 0. The van der Waals surface area contributed by atoms with Crippen LogP contribution in [0.3, 0.4) is 0 Å². The first-order valence-corrected chi connectivity index (χ1v) is 5.64. The van der Waals surface area contributed by atoms with Crippen LogP contribution in [0, 0.1) is 11.8 Å². The number of carboxylic acid groups (broad SMARTS) is 1. The Hall–Kier alpha value is -0.610. The van der Waals surface area contributed by atoms with Crippen LogP contribution in [0.25, 0.3) is 0 Å². The topological polar surface area (TPSA) is 66.6 Å². The lowest BCUT2D eigenvalue weighted by Crippen LogP contribution is -2.52. The highest BCUT2D eigenvalue weighted by Crippen LogP contribution is 2.20. The van der Waals surface area contributed by atoms with Crippen molar-refractivity contribution in [3.05, 3.63) is 0 Å². The van der Waals surface area contributed by atoms with Crippen LogP contribution in [0.15, 0.2) is 0 Å². The predicted molar refractivity (Wildman–Crippen MR) is 59.6 cm³/mol. The summed E-state index contributed by atoms with van der Waals surface area (Å²) in [6.07, 6.45) is 1.05. The summed E-state index contributed by atoms with van der Waals surface area (Å²) in [4.78, 5) is 13.1. The second-order valence-electron chi connectivity index (χ2n) is 4.92. The molecule has 15 heavy (non-hydrogen) atoms. The Labute approximate surface area is 91.4 Å². The quantitative estimate of drug-likeness (QED) is 0.728.